The van der Waals surface area contributed by atoms with Gasteiger partial charge in [-0.25, -0.2) is 0 Å². The van der Waals surface area contributed by atoms with Gasteiger partial charge in [-0.2, -0.15) is 0 Å². The van der Waals surface area contributed by atoms with E-state index in [-0.39, 0.29) is 29.7 Å². The number of rotatable bonds is 16. The van der Waals surface area contributed by atoms with Gasteiger partial charge in [0.15, 0.2) is 0 Å². The highest BCUT2D eigenvalue weighted by molar-refractivity contribution is 5.78. The van der Waals surface area contributed by atoms with E-state index in [0.29, 0.717) is 32.1 Å². The summed E-state index contributed by atoms with van der Waals surface area (Å²) < 4.78 is 5.12. The smallest absolute Gasteiger partial charge is 0.306 e. The first-order valence-electron chi connectivity index (χ1n) is 12.1. The molecule has 2 N–H and O–H groups in total. The highest BCUT2D eigenvalue weighted by Gasteiger charge is 2.40. The molecule has 5 nitrogen and oxygen atoms in total. The van der Waals surface area contributed by atoms with Gasteiger partial charge in [-0.3, -0.25) is 9.59 Å². The minimum atomic E-state index is -0.507. The molecule has 0 aromatic heterocycles. The number of hydrogen-bond acceptors (Lipinski definition) is 5. The predicted molar refractivity (Wildman–Crippen MR) is 120 cm³/mol. The number of aliphatic hydroxyl groups is 2. The molecular weight excluding hydrogens is 380 g/mol. The molecular formula is C25H44O5. The zero-order valence-corrected chi connectivity index (χ0v) is 19.4. The Morgan fingerprint density at radius 1 is 0.933 bits per heavy atom. The van der Waals surface area contributed by atoms with E-state index in [2.05, 4.69) is 19.1 Å². The standard InChI is InChI=1S/C25H44O5/c1-4-5-10-13-20(26)16-17-22-21(23(27)18-24(22)28)14-11-8-6-7-9-12-15-25(29)30-19(2)3/h8,11,19,21-24,27-28H,4-7,9-10,12-18H2,1-3H3/b11-8-/t21-,22-,23+,24-/m1/s1. The van der Waals surface area contributed by atoms with Crippen molar-refractivity contribution in [3.63, 3.8) is 0 Å². The average Bonchev–Trinajstić information content (AvgIpc) is 2.94. The molecule has 0 aromatic rings. The van der Waals surface area contributed by atoms with Crippen LogP contribution in [0.25, 0.3) is 0 Å². The first-order chi connectivity index (χ1) is 14.3. The molecule has 1 fully saturated rings. The fourth-order valence-electron chi connectivity index (χ4n) is 4.33. The van der Waals surface area contributed by atoms with E-state index in [9.17, 15) is 19.8 Å². The Kier molecular flexibility index (Phi) is 13.9. The van der Waals surface area contributed by atoms with Crippen LogP contribution >= 0.6 is 0 Å². The van der Waals surface area contributed by atoms with Gasteiger partial charge in [0.25, 0.3) is 0 Å². The monoisotopic (exact) mass is 424 g/mol. The molecule has 30 heavy (non-hydrogen) atoms. The number of ether oxygens (including phenoxy) is 1. The van der Waals surface area contributed by atoms with Crippen molar-refractivity contribution in [2.45, 2.75) is 123 Å². The Balaban J connectivity index is 2.25. The van der Waals surface area contributed by atoms with E-state index in [1.807, 2.05) is 13.8 Å². The Morgan fingerprint density at radius 2 is 1.63 bits per heavy atom. The lowest BCUT2D eigenvalue weighted by atomic mass is 9.86. The lowest BCUT2D eigenvalue weighted by Gasteiger charge is -2.22. The summed E-state index contributed by atoms with van der Waals surface area (Å²) in [6, 6.07) is 0. The van der Waals surface area contributed by atoms with Crippen LogP contribution in [-0.2, 0) is 14.3 Å². The van der Waals surface area contributed by atoms with Gasteiger partial charge in [-0.1, -0.05) is 38.3 Å². The fourth-order valence-corrected chi connectivity index (χ4v) is 4.33. The molecule has 0 amide bonds. The number of allylic oxidation sites excluding steroid dienone is 2. The Hall–Kier alpha value is -1.20. The zero-order chi connectivity index (χ0) is 22.4. The number of carbonyl (C=O) groups is 2. The van der Waals surface area contributed by atoms with Gasteiger partial charge >= 0.3 is 5.97 Å². The van der Waals surface area contributed by atoms with E-state index in [0.717, 1.165) is 51.4 Å². The summed E-state index contributed by atoms with van der Waals surface area (Å²) in [7, 11) is 0. The summed E-state index contributed by atoms with van der Waals surface area (Å²) in [6.07, 6.45) is 13.6. The SMILES string of the molecule is CCCCCC(=O)CC[C@@H]1[C@@H](C/C=C\CCCCCC(=O)OC(C)C)[C@@H](O)C[C@H]1O. The minimum absolute atomic E-state index is 0.00625. The van der Waals surface area contributed by atoms with Gasteiger partial charge < -0.3 is 14.9 Å². The van der Waals surface area contributed by atoms with Crippen LogP contribution in [0.2, 0.25) is 0 Å². The molecule has 174 valence electrons. The predicted octanol–water partition coefficient (Wildman–Crippen LogP) is 5.12. The fraction of sp³-hybridized carbons (Fsp3) is 0.840. The second-order valence-corrected chi connectivity index (χ2v) is 9.08. The van der Waals surface area contributed by atoms with E-state index in [4.69, 9.17) is 4.74 Å². The van der Waals surface area contributed by atoms with E-state index in [1.54, 1.807) is 0 Å². The highest BCUT2D eigenvalue weighted by atomic mass is 16.5. The van der Waals surface area contributed by atoms with Crippen molar-refractivity contribution in [3.05, 3.63) is 12.2 Å². The zero-order valence-electron chi connectivity index (χ0n) is 19.4. The Morgan fingerprint density at radius 3 is 2.33 bits per heavy atom. The second-order valence-electron chi connectivity index (χ2n) is 9.08. The van der Waals surface area contributed by atoms with Crippen LogP contribution in [0.5, 0.6) is 0 Å². The van der Waals surface area contributed by atoms with Crippen molar-refractivity contribution < 1.29 is 24.5 Å². The average molecular weight is 425 g/mol. The van der Waals surface area contributed by atoms with Gasteiger partial charge in [-0.05, 0) is 70.6 Å². The summed E-state index contributed by atoms with van der Waals surface area (Å²) in [6.45, 7) is 5.85. The van der Waals surface area contributed by atoms with Crippen LogP contribution in [-0.4, -0.2) is 40.3 Å². The molecule has 0 saturated heterocycles. The molecule has 1 rings (SSSR count). The molecule has 0 aromatic carbocycles. The number of aliphatic hydroxyl groups excluding tert-OH is 2. The first kappa shape index (κ1) is 26.8. The topological polar surface area (TPSA) is 83.8 Å². The summed E-state index contributed by atoms with van der Waals surface area (Å²) >= 11 is 0. The van der Waals surface area contributed by atoms with Gasteiger partial charge in [0.2, 0.25) is 0 Å². The third kappa shape index (κ3) is 11.3. The third-order valence-corrected chi connectivity index (χ3v) is 6.03. The third-order valence-electron chi connectivity index (χ3n) is 6.03. The lowest BCUT2D eigenvalue weighted by Crippen LogP contribution is -2.22. The van der Waals surface area contributed by atoms with Crippen LogP contribution in [0.4, 0.5) is 0 Å². The van der Waals surface area contributed by atoms with Crippen molar-refractivity contribution in [1.29, 1.82) is 0 Å². The summed E-state index contributed by atoms with van der Waals surface area (Å²) in [5.41, 5.74) is 0. The summed E-state index contributed by atoms with van der Waals surface area (Å²) in [5, 5.41) is 20.7. The number of unbranched alkanes of at least 4 members (excludes halogenated alkanes) is 5. The largest absolute Gasteiger partial charge is 0.463 e. The number of carbonyl (C=O) groups excluding carboxylic acids is 2. The number of Topliss-reactive ketones (excluding diaryl/α,β-unsaturated/α-hetero) is 1. The maximum absolute atomic E-state index is 12.1. The molecule has 0 spiro atoms. The summed E-state index contributed by atoms with van der Waals surface area (Å²) in [4.78, 5) is 23.5. The van der Waals surface area contributed by atoms with E-state index < -0.39 is 12.2 Å². The molecule has 4 atom stereocenters. The summed E-state index contributed by atoms with van der Waals surface area (Å²) in [5.74, 6) is 0.199. The van der Waals surface area contributed by atoms with Crippen LogP contribution in [0.3, 0.4) is 0 Å². The van der Waals surface area contributed by atoms with Crippen molar-refractivity contribution >= 4 is 11.8 Å². The molecule has 1 aliphatic carbocycles. The van der Waals surface area contributed by atoms with Crippen molar-refractivity contribution in [3.8, 4) is 0 Å². The molecule has 0 unspecified atom stereocenters. The van der Waals surface area contributed by atoms with Crippen molar-refractivity contribution in [1.82, 2.24) is 0 Å². The molecule has 0 bridgehead atoms. The van der Waals surface area contributed by atoms with Gasteiger partial charge in [0, 0.05) is 19.3 Å². The Bertz CT molecular complexity index is 514. The van der Waals surface area contributed by atoms with Crippen LogP contribution in [0, 0.1) is 11.8 Å². The maximum Gasteiger partial charge on any atom is 0.306 e. The van der Waals surface area contributed by atoms with E-state index >= 15 is 0 Å². The molecule has 0 radical (unpaired) electrons. The van der Waals surface area contributed by atoms with Crippen molar-refractivity contribution in [2.24, 2.45) is 11.8 Å². The number of ketones is 1. The number of hydrogen-bond donors (Lipinski definition) is 2. The minimum Gasteiger partial charge on any atom is -0.463 e. The van der Waals surface area contributed by atoms with Crippen LogP contribution in [0.1, 0.15) is 104 Å². The molecule has 0 aliphatic heterocycles. The molecule has 5 heteroatoms. The van der Waals surface area contributed by atoms with Crippen LogP contribution in [0.15, 0.2) is 12.2 Å². The van der Waals surface area contributed by atoms with Crippen LogP contribution < -0.4 is 0 Å². The van der Waals surface area contributed by atoms with Gasteiger partial charge in [0.05, 0.1) is 18.3 Å². The molecule has 1 saturated carbocycles. The van der Waals surface area contributed by atoms with E-state index in [1.165, 1.54) is 0 Å². The number of esters is 1. The quantitative estimate of drug-likeness (QED) is 0.204. The first-order valence-corrected chi connectivity index (χ1v) is 12.1. The molecule has 0 heterocycles. The lowest BCUT2D eigenvalue weighted by molar-refractivity contribution is -0.147. The van der Waals surface area contributed by atoms with Crippen molar-refractivity contribution in [2.75, 3.05) is 0 Å². The molecule has 1 aliphatic rings. The Labute approximate surface area is 183 Å². The second kappa shape index (κ2) is 15.6. The maximum atomic E-state index is 12.1. The van der Waals surface area contributed by atoms with Gasteiger partial charge in [0.1, 0.15) is 5.78 Å². The van der Waals surface area contributed by atoms with Gasteiger partial charge in [-0.15, -0.1) is 0 Å². The normalized spacial score (nSPS) is 24.1. The highest BCUT2D eigenvalue weighted by Crippen LogP contribution is 2.38.